The molecule has 2 aliphatic rings. The van der Waals surface area contributed by atoms with Gasteiger partial charge in [0.15, 0.2) is 11.6 Å². The van der Waals surface area contributed by atoms with Crippen LogP contribution in [0.1, 0.15) is 56.9 Å². The van der Waals surface area contributed by atoms with Crippen LogP contribution in [0.4, 0.5) is 17.6 Å². The Morgan fingerprint density at radius 1 is 0.926 bits per heavy atom. The van der Waals surface area contributed by atoms with Gasteiger partial charge in [-0.15, -0.1) is 13.2 Å². The number of halogens is 4. The number of hydrogen-bond acceptors (Lipinski definition) is 1. The fourth-order valence-corrected chi connectivity index (χ4v) is 5.17. The Morgan fingerprint density at radius 3 is 2.44 bits per heavy atom. The molecule has 0 aliphatic heterocycles. The third-order valence-corrected chi connectivity index (χ3v) is 6.52. The molecule has 0 N–H and O–H groups in total. The third-order valence-electron chi connectivity index (χ3n) is 6.52. The van der Waals surface area contributed by atoms with Gasteiger partial charge in [-0.05, 0) is 72.8 Å². The van der Waals surface area contributed by atoms with E-state index in [9.17, 15) is 17.6 Å². The summed E-state index contributed by atoms with van der Waals surface area (Å²) in [5.41, 5.74) is 1.17. The van der Waals surface area contributed by atoms with Gasteiger partial charge in [0.2, 0.25) is 0 Å². The van der Waals surface area contributed by atoms with E-state index in [2.05, 4.69) is 11.7 Å². The Kier molecular flexibility index (Phi) is 4.81. The predicted octanol–water partition coefficient (Wildman–Crippen LogP) is 7.20. The largest absolute Gasteiger partial charge is 0.573 e. The van der Waals surface area contributed by atoms with E-state index in [-0.39, 0.29) is 5.39 Å². The first-order chi connectivity index (χ1) is 12.8. The fourth-order valence-electron chi connectivity index (χ4n) is 5.17. The number of rotatable bonds is 2. The zero-order valence-corrected chi connectivity index (χ0v) is 15.4. The summed E-state index contributed by atoms with van der Waals surface area (Å²) < 4.78 is 55.4. The summed E-state index contributed by atoms with van der Waals surface area (Å²) in [7, 11) is 0. The van der Waals surface area contributed by atoms with E-state index in [0.717, 1.165) is 30.2 Å². The molecule has 0 spiro atoms. The predicted molar refractivity (Wildman–Crippen MR) is 97.2 cm³/mol. The lowest BCUT2D eigenvalue weighted by Gasteiger charge is -2.41. The van der Waals surface area contributed by atoms with Gasteiger partial charge >= 0.3 is 6.36 Å². The molecule has 27 heavy (non-hydrogen) atoms. The van der Waals surface area contributed by atoms with Gasteiger partial charge in [0.05, 0.1) is 0 Å². The average molecular weight is 380 g/mol. The molecule has 2 aliphatic carbocycles. The van der Waals surface area contributed by atoms with E-state index in [1.54, 1.807) is 6.07 Å². The summed E-state index contributed by atoms with van der Waals surface area (Å²) in [5.74, 6) is 1.17. The number of hydrogen-bond donors (Lipinski definition) is 0. The van der Waals surface area contributed by atoms with E-state index >= 15 is 0 Å². The molecule has 4 atom stereocenters. The molecular formula is C22H24F4O. The minimum absolute atomic E-state index is 0.167. The van der Waals surface area contributed by atoms with Gasteiger partial charge in [-0.3, -0.25) is 0 Å². The van der Waals surface area contributed by atoms with Crippen molar-refractivity contribution in [3.8, 4) is 5.75 Å². The normalized spacial score (nSPS) is 28.8. The lowest BCUT2D eigenvalue weighted by atomic mass is 9.64. The molecule has 0 heterocycles. The van der Waals surface area contributed by atoms with Crippen LogP contribution < -0.4 is 4.74 Å². The van der Waals surface area contributed by atoms with Gasteiger partial charge in [0, 0.05) is 5.39 Å². The summed E-state index contributed by atoms with van der Waals surface area (Å²) in [6.45, 7) is 2.34. The monoisotopic (exact) mass is 380 g/mol. The number of benzene rings is 2. The topological polar surface area (TPSA) is 9.23 Å². The number of alkyl halides is 3. The molecule has 2 fully saturated rings. The maximum absolute atomic E-state index is 14.4. The Hall–Kier alpha value is -1.78. The van der Waals surface area contributed by atoms with E-state index in [4.69, 9.17) is 0 Å². The van der Waals surface area contributed by atoms with E-state index < -0.39 is 17.9 Å². The molecule has 0 bridgehead atoms. The molecule has 146 valence electrons. The van der Waals surface area contributed by atoms with Crippen molar-refractivity contribution < 1.29 is 22.3 Å². The summed E-state index contributed by atoms with van der Waals surface area (Å²) in [6, 6.07) is 7.98. The lowest BCUT2D eigenvalue weighted by Crippen LogP contribution is -2.29. The minimum atomic E-state index is -4.90. The van der Waals surface area contributed by atoms with Crippen LogP contribution in [0.15, 0.2) is 30.3 Å². The Labute approximate surface area is 156 Å². The highest BCUT2D eigenvalue weighted by Crippen LogP contribution is 2.47. The molecule has 2 aromatic rings. The smallest absolute Gasteiger partial charge is 0.403 e. The number of fused-ring (bicyclic) bond motifs is 2. The maximum atomic E-state index is 14.4. The van der Waals surface area contributed by atoms with Crippen molar-refractivity contribution in [1.82, 2.24) is 0 Å². The van der Waals surface area contributed by atoms with Crippen molar-refractivity contribution in [2.45, 2.75) is 57.7 Å². The fraction of sp³-hybridized carbons (Fsp3) is 0.545. The Balaban J connectivity index is 1.56. The van der Waals surface area contributed by atoms with Crippen LogP contribution in [0, 0.1) is 23.6 Å². The van der Waals surface area contributed by atoms with E-state index in [1.165, 1.54) is 43.7 Å². The van der Waals surface area contributed by atoms with E-state index in [0.29, 0.717) is 11.3 Å². The van der Waals surface area contributed by atoms with Crippen molar-refractivity contribution in [2.75, 3.05) is 0 Å². The molecule has 4 rings (SSSR count). The Morgan fingerprint density at radius 2 is 1.67 bits per heavy atom. The summed E-state index contributed by atoms with van der Waals surface area (Å²) in [4.78, 5) is 0. The van der Waals surface area contributed by atoms with Crippen LogP contribution in [-0.2, 0) is 0 Å². The van der Waals surface area contributed by atoms with Gasteiger partial charge in [-0.25, -0.2) is 4.39 Å². The zero-order valence-electron chi connectivity index (χ0n) is 15.4. The van der Waals surface area contributed by atoms with Crippen LogP contribution >= 0.6 is 0 Å². The quantitative estimate of drug-likeness (QED) is 0.501. The van der Waals surface area contributed by atoms with Crippen molar-refractivity contribution in [3.63, 3.8) is 0 Å². The second-order valence-electron chi connectivity index (χ2n) is 8.35. The molecule has 0 radical (unpaired) electrons. The average Bonchev–Trinajstić information content (AvgIpc) is 2.62. The maximum Gasteiger partial charge on any atom is 0.573 e. The lowest BCUT2D eigenvalue weighted by molar-refractivity contribution is -0.275. The minimum Gasteiger partial charge on any atom is -0.403 e. The molecule has 1 nitrogen and oxygen atoms in total. The van der Waals surface area contributed by atoms with Gasteiger partial charge in [-0.2, -0.15) is 0 Å². The van der Waals surface area contributed by atoms with Gasteiger partial charge < -0.3 is 4.74 Å². The molecule has 2 unspecified atom stereocenters. The highest BCUT2D eigenvalue weighted by atomic mass is 19.4. The summed E-state index contributed by atoms with van der Waals surface area (Å²) in [6.07, 6.45) is 2.58. The van der Waals surface area contributed by atoms with Crippen molar-refractivity contribution >= 4 is 10.8 Å². The molecule has 0 aromatic heterocycles. The Bertz CT molecular complexity index is 829. The van der Waals surface area contributed by atoms with E-state index in [1.807, 2.05) is 12.1 Å². The number of ether oxygens (including phenoxy) is 1. The molecule has 5 heteroatoms. The zero-order chi connectivity index (χ0) is 19.2. The molecule has 2 saturated carbocycles. The molecule has 2 aromatic carbocycles. The van der Waals surface area contributed by atoms with Crippen LogP contribution in [-0.4, -0.2) is 6.36 Å². The molecule has 0 saturated heterocycles. The van der Waals surface area contributed by atoms with Gasteiger partial charge in [0.1, 0.15) is 0 Å². The van der Waals surface area contributed by atoms with Crippen molar-refractivity contribution in [1.29, 1.82) is 0 Å². The SMILES string of the molecule is C[C@@H]1CC[C@@H]2CC(c3ccc4c(F)c(OC(F)(F)F)ccc4c3)CCC2C1. The van der Waals surface area contributed by atoms with Crippen LogP contribution in [0.5, 0.6) is 5.75 Å². The summed E-state index contributed by atoms with van der Waals surface area (Å²) in [5, 5.41) is 0.791. The van der Waals surface area contributed by atoms with Crippen molar-refractivity contribution in [3.05, 3.63) is 41.7 Å². The summed E-state index contributed by atoms with van der Waals surface area (Å²) >= 11 is 0. The van der Waals surface area contributed by atoms with Crippen LogP contribution in [0.2, 0.25) is 0 Å². The first-order valence-electron chi connectivity index (χ1n) is 9.78. The van der Waals surface area contributed by atoms with Crippen LogP contribution in [0.25, 0.3) is 10.8 Å². The van der Waals surface area contributed by atoms with Crippen molar-refractivity contribution in [2.24, 2.45) is 17.8 Å². The molecular weight excluding hydrogens is 356 g/mol. The van der Waals surface area contributed by atoms with Gasteiger partial charge in [-0.1, -0.05) is 37.6 Å². The second kappa shape index (κ2) is 6.99. The highest BCUT2D eigenvalue weighted by Gasteiger charge is 2.35. The third kappa shape index (κ3) is 3.92. The van der Waals surface area contributed by atoms with Gasteiger partial charge in [0.25, 0.3) is 0 Å². The first kappa shape index (κ1) is 18.6. The first-order valence-corrected chi connectivity index (χ1v) is 9.78. The highest BCUT2D eigenvalue weighted by molar-refractivity contribution is 5.85. The van der Waals surface area contributed by atoms with Crippen LogP contribution in [0.3, 0.4) is 0 Å². The standard InChI is InChI=1S/C22H24F4O/c1-13-2-3-15-11-16(5-4-14(15)10-13)17-6-8-19-18(12-17)7-9-20(21(19)23)27-22(24,25)26/h6-9,12-16H,2-5,10-11H2,1H3/t13-,14?,15-,16?/m1/s1. The second-order valence-corrected chi connectivity index (χ2v) is 8.35. The molecule has 0 amide bonds.